The topological polar surface area (TPSA) is 67.2 Å². The molecule has 4 heteroatoms. The first-order valence-electron chi connectivity index (χ1n) is 4.89. The number of carbonyl (C=O) groups excluding carboxylic acids is 1. The predicted molar refractivity (Wildman–Crippen MR) is 54.2 cm³/mol. The molecule has 4 N–H and O–H groups in total. The highest BCUT2D eigenvalue weighted by Crippen LogP contribution is 2.01. The number of rotatable bonds is 8. The van der Waals surface area contributed by atoms with E-state index in [1.807, 2.05) is 6.92 Å². The van der Waals surface area contributed by atoms with Crippen molar-refractivity contribution in [1.82, 2.24) is 10.7 Å². The Morgan fingerprint density at radius 2 is 2.15 bits per heavy atom. The van der Waals surface area contributed by atoms with E-state index >= 15 is 0 Å². The van der Waals surface area contributed by atoms with E-state index in [0.717, 1.165) is 32.4 Å². The summed E-state index contributed by atoms with van der Waals surface area (Å²) in [5.41, 5.74) is 2.60. The molecule has 0 aliphatic heterocycles. The lowest BCUT2D eigenvalue weighted by atomic mass is 10.1. The van der Waals surface area contributed by atoms with Crippen molar-refractivity contribution in [3.8, 4) is 0 Å². The van der Waals surface area contributed by atoms with Crippen molar-refractivity contribution >= 4 is 5.78 Å². The quantitative estimate of drug-likeness (QED) is 0.288. The van der Waals surface area contributed by atoms with E-state index < -0.39 is 0 Å². The molecule has 1 atom stereocenters. The lowest BCUT2D eigenvalue weighted by Gasteiger charge is -2.13. The second kappa shape index (κ2) is 8.16. The van der Waals surface area contributed by atoms with Crippen LogP contribution in [0.4, 0.5) is 0 Å². The van der Waals surface area contributed by atoms with Crippen LogP contribution in [0.3, 0.4) is 0 Å². The van der Waals surface area contributed by atoms with Crippen molar-refractivity contribution < 1.29 is 4.79 Å². The number of hydrazine groups is 1. The summed E-state index contributed by atoms with van der Waals surface area (Å²) in [6.07, 6.45) is 2.96. The summed E-state index contributed by atoms with van der Waals surface area (Å²) in [5.74, 6) is 5.36. The van der Waals surface area contributed by atoms with Gasteiger partial charge in [0.15, 0.2) is 0 Å². The van der Waals surface area contributed by atoms with Crippen molar-refractivity contribution in [2.45, 2.75) is 39.2 Å². The number of unbranched alkanes of at least 4 members (excludes halogenated alkanes) is 1. The first-order chi connectivity index (χ1) is 6.22. The standard InChI is InChI=1S/C9H21N3O/c1-3-11-9(8(2)13)6-4-5-7-12-10/h9,11-12H,3-7,10H2,1-2H3. The van der Waals surface area contributed by atoms with Gasteiger partial charge in [0.25, 0.3) is 0 Å². The fraction of sp³-hybridized carbons (Fsp3) is 0.889. The van der Waals surface area contributed by atoms with Crippen LogP contribution in [0.5, 0.6) is 0 Å². The van der Waals surface area contributed by atoms with Crippen molar-refractivity contribution in [2.75, 3.05) is 13.1 Å². The summed E-state index contributed by atoms with van der Waals surface area (Å²) in [6, 6.07) is 0.0303. The maximum atomic E-state index is 11.1. The Hall–Kier alpha value is -0.450. The number of hydrogen-bond acceptors (Lipinski definition) is 4. The molecule has 1 unspecified atom stereocenters. The molecule has 0 aliphatic carbocycles. The van der Waals surface area contributed by atoms with E-state index in [1.165, 1.54) is 0 Å². The third kappa shape index (κ3) is 6.69. The minimum atomic E-state index is 0.0303. The lowest BCUT2D eigenvalue weighted by Crippen LogP contribution is -2.35. The molecule has 0 rings (SSSR count). The van der Waals surface area contributed by atoms with Gasteiger partial charge in [-0.1, -0.05) is 13.3 Å². The van der Waals surface area contributed by atoms with Crippen LogP contribution < -0.4 is 16.6 Å². The van der Waals surface area contributed by atoms with E-state index in [0.29, 0.717) is 0 Å². The van der Waals surface area contributed by atoms with E-state index in [2.05, 4.69) is 10.7 Å². The number of Topliss-reactive ketones (excluding diaryl/α,β-unsaturated/α-hetero) is 1. The number of ketones is 1. The molecule has 78 valence electrons. The van der Waals surface area contributed by atoms with Crippen molar-refractivity contribution in [2.24, 2.45) is 5.84 Å². The summed E-state index contributed by atoms with van der Waals surface area (Å²) in [4.78, 5) is 11.1. The molecule has 0 fully saturated rings. The van der Waals surface area contributed by atoms with Crippen molar-refractivity contribution in [3.05, 3.63) is 0 Å². The first-order valence-corrected chi connectivity index (χ1v) is 4.89. The summed E-state index contributed by atoms with van der Waals surface area (Å²) in [6.45, 7) is 5.31. The maximum Gasteiger partial charge on any atom is 0.146 e. The largest absolute Gasteiger partial charge is 0.308 e. The van der Waals surface area contributed by atoms with Gasteiger partial charge in [0, 0.05) is 6.54 Å². The average molecular weight is 187 g/mol. The van der Waals surface area contributed by atoms with Crippen LogP contribution in [-0.4, -0.2) is 24.9 Å². The SMILES string of the molecule is CCNC(CCCCNN)C(C)=O. The molecule has 0 aromatic rings. The highest BCUT2D eigenvalue weighted by atomic mass is 16.1. The van der Waals surface area contributed by atoms with Gasteiger partial charge in [-0.2, -0.15) is 0 Å². The molecule has 0 bridgehead atoms. The predicted octanol–water partition coefficient (Wildman–Crippen LogP) is 0.187. The molecule has 13 heavy (non-hydrogen) atoms. The zero-order valence-electron chi connectivity index (χ0n) is 8.60. The minimum Gasteiger partial charge on any atom is -0.308 e. The van der Waals surface area contributed by atoms with Crippen LogP contribution in [0.15, 0.2) is 0 Å². The van der Waals surface area contributed by atoms with E-state index in [4.69, 9.17) is 5.84 Å². The van der Waals surface area contributed by atoms with Gasteiger partial charge in [-0.05, 0) is 26.3 Å². The fourth-order valence-corrected chi connectivity index (χ4v) is 1.27. The maximum absolute atomic E-state index is 11.1. The highest BCUT2D eigenvalue weighted by Gasteiger charge is 2.10. The second-order valence-corrected chi connectivity index (χ2v) is 3.17. The first kappa shape index (κ1) is 12.6. The summed E-state index contributed by atoms with van der Waals surface area (Å²) in [7, 11) is 0. The van der Waals surface area contributed by atoms with Gasteiger partial charge >= 0.3 is 0 Å². The molecule has 0 aromatic carbocycles. The van der Waals surface area contributed by atoms with Gasteiger partial charge in [-0.25, -0.2) is 0 Å². The third-order valence-electron chi connectivity index (χ3n) is 2.01. The summed E-state index contributed by atoms with van der Waals surface area (Å²) in [5, 5.41) is 3.16. The molecule has 4 nitrogen and oxygen atoms in total. The molecule has 0 heterocycles. The Balaban J connectivity index is 3.51. The van der Waals surface area contributed by atoms with Crippen LogP contribution in [0.2, 0.25) is 0 Å². The highest BCUT2D eigenvalue weighted by molar-refractivity contribution is 5.81. The Morgan fingerprint density at radius 1 is 1.46 bits per heavy atom. The van der Waals surface area contributed by atoms with Gasteiger partial charge in [0.05, 0.1) is 6.04 Å². The summed E-state index contributed by atoms with van der Waals surface area (Å²) >= 11 is 0. The molecule has 0 aliphatic rings. The molecule has 0 radical (unpaired) electrons. The van der Waals surface area contributed by atoms with Crippen molar-refractivity contribution in [1.29, 1.82) is 0 Å². The van der Waals surface area contributed by atoms with E-state index in [-0.39, 0.29) is 11.8 Å². The van der Waals surface area contributed by atoms with Gasteiger partial charge < -0.3 is 5.32 Å². The van der Waals surface area contributed by atoms with E-state index in [9.17, 15) is 4.79 Å². The van der Waals surface area contributed by atoms with Crippen LogP contribution >= 0.6 is 0 Å². The zero-order chi connectivity index (χ0) is 10.1. The van der Waals surface area contributed by atoms with Crippen LogP contribution in [-0.2, 0) is 4.79 Å². The van der Waals surface area contributed by atoms with Gasteiger partial charge in [0.2, 0.25) is 0 Å². The third-order valence-corrected chi connectivity index (χ3v) is 2.01. The minimum absolute atomic E-state index is 0.0303. The Labute approximate surface area is 80.2 Å². The second-order valence-electron chi connectivity index (χ2n) is 3.17. The molecule has 0 amide bonds. The Kier molecular flexibility index (Phi) is 7.88. The molecule has 0 aromatic heterocycles. The van der Waals surface area contributed by atoms with Crippen LogP contribution in [0.25, 0.3) is 0 Å². The van der Waals surface area contributed by atoms with Gasteiger partial charge in [0.1, 0.15) is 5.78 Å². The van der Waals surface area contributed by atoms with Gasteiger partial charge in [-0.15, -0.1) is 0 Å². The normalized spacial score (nSPS) is 12.8. The molecule has 0 saturated heterocycles. The molecule has 0 spiro atoms. The lowest BCUT2D eigenvalue weighted by molar-refractivity contribution is -0.119. The average Bonchev–Trinajstić information content (AvgIpc) is 2.10. The number of nitrogens with one attached hydrogen (secondary N) is 2. The Morgan fingerprint density at radius 3 is 2.62 bits per heavy atom. The number of carbonyl (C=O) groups is 1. The smallest absolute Gasteiger partial charge is 0.146 e. The fourth-order valence-electron chi connectivity index (χ4n) is 1.27. The number of nitrogens with two attached hydrogens (primary N) is 1. The van der Waals surface area contributed by atoms with Crippen molar-refractivity contribution in [3.63, 3.8) is 0 Å². The van der Waals surface area contributed by atoms with E-state index in [1.54, 1.807) is 6.92 Å². The number of hydrogen-bond donors (Lipinski definition) is 3. The molecular weight excluding hydrogens is 166 g/mol. The molecular formula is C9H21N3O. The molecule has 0 saturated carbocycles. The summed E-state index contributed by atoms with van der Waals surface area (Å²) < 4.78 is 0. The monoisotopic (exact) mass is 187 g/mol. The number of likely N-dealkylation sites (N-methyl/N-ethyl adjacent to an activating group) is 1. The zero-order valence-corrected chi connectivity index (χ0v) is 8.60. The Bertz CT molecular complexity index is 139. The van der Waals surface area contributed by atoms with Crippen LogP contribution in [0, 0.1) is 0 Å². The van der Waals surface area contributed by atoms with Gasteiger partial charge in [-0.3, -0.25) is 16.1 Å². The van der Waals surface area contributed by atoms with Crippen LogP contribution in [0.1, 0.15) is 33.1 Å².